The zero-order chi connectivity index (χ0) is 18.4. The van der Waals surface area contributed by atoms with Crippen molar-refractivity contribution < 1.29 is 18.0 Å². The molecule has 0 fully saturated rings. The number of nitrogens with one attached hydrogen (secondary N) is 1. The Morgan fingerprint density at radius 2 is 1.88 bits per heavy atom. The minimum Gasteiger partial charge on any atom is -0.324 e. The summed E-state index contributed by atoms with van der Waals surface area (Å²) in [5.74, 6) is -1.32. The van der Waals surface area contributed by atoms with Gasteiger partial charge in [0.15, 0.2) is 0 Å². The van der Waals surface area contributed by atoms with E-state index in [0.29, 0.717) is 15.0 Å². The molecule has 0 radical (unpaired) electrons. The molecule has 6 nitrogen and oxygen atoms in total. The number of halogens is 1. The molecule has 130 valence electrons. The van der Waals surface area contributed by atoms with Gasteiger partial charge in [-0.15, -0.1) is 0 Å². The molecule has 2 aromatic rings. The highest BCUT2D eigenvalue weighted by Gasteiger charge is 2.45. The van der Waals surface area contributed by atoms with Crippen LogP contribution in [-0.4, -0.2) is 30.6 Å². The van der Waals surface area contributed by atoms with Crippen molar-refractivity contribution >= 4 is 39.1 Å². The third-order valence-electron chi connectivity index (χ3n) is 4.04. The Morgan fingerprint density at radius 3 is 2.56 bits per heavy atom. The number of sulfonamides is 1. The van der Waals surface area contributed by atoms with Crippen LogP contribution in [-0.2, 0) is 14.8 Å². The van der Waals surface area contributed by atoms with Gasteiger partial charge in [-0.25, -0.2) is 12.7 Å². The van der Waals surface area contributed by atoms with Gasteiger partial charge in [-0.1, -0.05) is 29.8 Å². The van der Waals surface area contributed by atoms with Gasteiger partial charge in [0.2, 0.25) is 5.91 Å². The SMILES string of the molecule is Cc1ccc(Cl)cc1NC(=O)C(C)N1C(=O)c2ccccc2S1(=O)=O. The number of rotatable bonds is 3. The van der Waals surface area contributed by atoms with Crippen LogP contribution in [0, 0.1) is 6.92 Å². The van der Waals surface area contributed by atoms with Gasteiger partial charge in [-0.3, -0.25) is 9.59 Å². The van der Waals surface area contributed by atoms with Crippen LogP contribution in [0.25, 0.3) is 0 Å². The first kappa shape index (κ1) is 17.4. The van der Waals surface area contributed by atoms with E-state index >= 15 is 0 Å². The predicted molar refractivity (Wildman–Crippen MR) is 94.1 cm³/mol. The van der Waals surface area contributed by atoms with E-state index in [4.69, 9.17) is 11.6 Å². The maximum atomic E-state index is 12.6. The zero-order valence-electron chi connectivity index (χ0n) is 13.5. The number of benzene rings is 2. The average molecular weight is 379 g/mol. The molecule has 1 unspecified atom stereocenters. The number of fused-ring (bicyclic) bond motifs is 1. The van der Waals surface area contributed by atoms with Crippen molar-refractivity contribution in [2.75, 3.05) is 5.32 Å². The van der Waals surface area contributed by atoms with Crippen LogP contribution >= 0.6 is 11.6 Å². The summed E-state index contributed by atoms with van der Waals surface area (Å²) in [5, 5.41) is 3.07. The first-order valence-corrected chi connectivity index (χ1v) is 9.30. The van der Waals surface area contributed by atoms with E-state index in [2.05, 4.69) is 5.32 Å². The highest BCUT2D eigenvalue weighted by molar-refractivity contribution is 7.90. The van der Waals surface area contributed by atoms with Crippen molar-refractivity contribution in [2.24, 2.45) is 0 Å². The Bertz CT molecular complexity index is 988. The highest BCUT2D eigenvalue weighted by Crippen LogP contribution is 2.32. The van der Waals surface area contributed by atoms with Crippen LogP contribution in [0.1, 0.15) is 22.8 Å². The van der Waals surface area contributed by atoms with Gasteiger partial charge < -0.3 is 5.32 Å². The lowest BCUT2D eigenvalue weighted by Gasteiger charge is -2.22. The monoisotopic (exact) mass is 378 g/mol. The van der Waals surface area contributed by atoms with E-state index < -0.39 is 27.9 Å². The topological polar surface area (TPSA) is 83.6 Å². The van der Waals surface area contributed by atoms with Gasteiger partial charge >= 0.3 is 0 Å². The molecule has 25 heavy (non-hydrogen) atoms. The maximum Gasteiger partial charge on any atom is 0.269 e. The van der Waals surface area contributed by atoms with E-state index in [0.717, 1.165) is 5.56 Å². The molecule has 2 amide bonds. The Balaban J connectivity index is 1.91. The van der Waals surface area contributed by atoms with Crippen LogP contribution in [0.4, 0.5) is 5.69 Å². The second-order valence-corrected chi connectivity index (χ2v) is 7.95. The Morgan fingerprint density at radius 1 is 1.20 bits per heavy atom. The van der Waals surface area contributed by atoms with Crippen LogP contribution < -0.4 is 5.32 Å². The third-order valence-corrected chi connectivity index (χ3v) is 6.19. The van der Waals surface area contributed by atoms with Crippen LogP contribution in [0.3, 0.4) is 0 Å². The molecule has 0 aromatic heterocycles. The van der Waals surface area contributed by atoms with Gasteiger partial charge in [0.1, 0.15) is 10.9 Å². The van der Waals surface area contributed by atoms with Crippen molar-refractivity contribution in [2.45, 2.75) is 24.8 Å². The van der Waals surface area contributed by atoms with Gasteiger partial charge in [-0.2, -0.15) is 0 Å². The predicted octanol–water partition coefficient (Wildman–Crippen LogP) is 2.82. The number of hydrogen-bond donors (Lipinski definition) is 1. The molecule has 2 aromatic carbocycles. The van der Waals surface area contributed by atoms with Crippen molar-refractivity contribution in [1.29, 1.82) is 0 Å². The molecule has 1 N–H and O–H groups in total. The van der Waals surface area contributed by atoms with Gasteiger partial charge in [0.05, 0.1) is 5.56 Å². The highest BCUT2D eigenvalue weighted by atomic mass is 35.5. The summed E-state index contributed by atoms with van der Waals surface area (Å²) in [6, 6.07) is 9.68. The molecule has 0 saturated carbocycles. The third kappa shape index (κ3) is 2.89. The van der Waals surface area contributed by atoms with Crippen LogP contribution in [0.5, 0.6) is 0 Å². The molecule has 1 aliphatic rings. The number of amides is 2. The number of aryl methyl sites for hydroxylation is 1. The summed E-state index contributed by atoms with van der Waals surface area (Å²) in [7, 11) is -4.05. The molecule has 3 rings (SSSR count). The van der Waals surface area contributed by atoms with Gasteiger partial charge in [-0.05, 0) is 43.7 Å². The molecule has 1 atom stereocenters. The standard InChI is InChI=1S/C17H15ClN2O4S/c1-10-7-8-12(18)9-14(10)19-16(21)11(2)20-17(22)13-5-3-4-6-15(13)25(20,23)24/h3-9,11H,1-2H3,(H,19,21). The fourth-order valence-corrected chi connectivity index (χ4v) is 4.56. The van der Waals surface area contributed by atoms with Gasteiger partial charge in [0.25, 0.3) is 15.9 Å². The molecule has 1 aliphatic heterocycles. The van der Waals surface area contributed by atoms with E-state index in [9.17, 15) is 18.0 Å². The molecule has 0 saturated heterocycles. The van der Waals surface area contributed by atoms with Crippen molar-refractivity contribution in [3.63, 3.8) is 0 Å². The molecule has 1 heterocycles. The number of anilines is 1. The summed E-state index contributed by atoms with van der Waals surface area (Å²) < 4.78 is 25.9. The quantitative estimate of drug-likeness (QED) is 0.890. The Kier molecular flexibility index (Phi) is 4.30. The molecule has 0 aliphatic carbocycles. The smallest absolute Gasteiger partial charge is 0.269 e. The van der Waals surface area contributed by atoms with E-state index in [1.807, 2.05) is 0 Å². The summed E-state index contributed by atoms with van der Waals surface area (Å²) >= 11 is 5.92. The first-order valence-electron chi connectivity index (χ1n) is 7.48. The number of carbonyl (C=O) groups is 2. The second kappa shape index (κ2) is 6.16. The summed E-state index contributed by atoms with van der Waals surface area (Å²) in [5.41, 5.74) is 1.30. The molecule has 8 heteroatoms. The lowest BCUT2D eigenvalue weighted by molar-refractivity contribution is -0.118. The van der Waals surface area contributed by atoms with Crippen LogP contribution in [0.15, 0.2) is 47.4 Å². The number of carbonyl (C=O) groups excluding carboxylic acids is 2. The molecule has 0 bridgehead atoms. The lowest BCUT2D eigenvalue weighted by Crippen LogP contribution is -2.45. The summed E-state index contributed by atoms with van der Waals surface area (Å²) in [4.78, 5) is 24.9. The number of hydrogen-bond acceptors (Lipinski definition) is 4. The van der Waals surface area contributed by atoms with Crippen molar-refractivity contribution in [3.05, 3.63) is 58.6 Å². The minimum absolute atomic E-state index is 0.0705. The van der Waals surface area contributed by atoms with Gasteiger partial charge in [0, 0.05) is 10.7 Å². The normalized spacial score (nSPS) is 16.4. The molecule has 0 spiro atoms. The maximum absolute atomic E-state index is 12.6. The van der Waals surface area contributed by atoms with E-state index in [-0.39, 0.29) is 10.5 Å². The summed E-state index contributed by atoms with van der Waals surface area (Å²) in [6.07, 6.45) is 0. The Hall–Kier alpha value is -2.38. The summed E-state index contributed by atoms with van der Waals surface area (Å²) in [6.45, 7) is 3.15. The van der Waals surface area contributed by atoms with Crippen LogP contribution in [0.2, 0.25) is 5.02 Å². The molecular weight excluding hydrogens is 364 g/mol. The largest absolute Gasteiger partial charge is 0.324 e. The first-order chi connectivity index (χ1) is 11.7. The Labute approximate surface area is 150 Å². The lowest BCUT2D eigenvalue weighted by atomic mass is 10.1. The van der Waals surface area contributed by atoms with E-state index in [1.54, 1.807) is 31.2 Å². The number of nitrogens with zero attached hydrogens (tertiary/aromatic N) is 1. The fraction of sp³-hybridized carbons (Fsp3) is 0.176. The van der Waals surface area contributed by atoms with Crippen molar-refractivity contribution in [1.82, 2.24) is 4.31 Å². The minimum atomic E-state index is -4.05. The fourth-order valence-electron chi connectivity index (χ4n) is 2.66. The average Bonchev–Trinajstić information content (AvgIpc) is 2.77. The zero-order valence-corrected chi connectivity index (χ0v) is 15.1. The van der Waals surface area contributed by atoms with E-state index in [1.165, 1.54) is 25.1 Å². The second-order valence-electron chi connectivity index (χ2n) is 5.73. The molecular formula is C17H15ClN2O4S. The van der Waals surface area contributed by atoms with Crippen molar-refractivity contribution in [3.8, 4) is 0 Å².